The molecular formula is C11H19NO4S. The predicted octanol–water partition coefficient (Wildman–Crippen LogP) is 1.08. The maximum Gasteiger partial charge on any atom is 0.306 e. The van der Waals surface area contributed by atoms with Crippen molar-refractivity contribution in [3.05, 3.63) is 12.7 Å². The molecule has 1 fully saturated rings. The van der Waals surface area contributed by atoms with Crippen LogP contribution in [0.15, 0.2) is 12.7 Å². The second-order valence-electron chi connectivity index (χ2n) is 4.26. The van der Waals surface area contributed by atoms with E-state index in [-0.39, 0.29) is 5.75 Å². The van der Waals surface area contributed by atoms with E-state index < -0.39 is 21.9 Å². The maximum atomic E-state index is 11.9. The molecule has 1 rings (SSSR count). The third kappa shape index (κ3) is 4.12. The highest BCUT2D eigenvalue weighted by Gasteiger charge is 2.30. The molecule has 0 spiro atoms. The van der Waals surface area contributed by atoms with Crippen molar-refractivity contribution in [2.45, 2.75) is 25.7 Å². The number of rotatable bonds is 6. The minimum absolute atomic E-state index is 0.122. The largest absolute Gasteiger partial charge is 0.481 e. The second-order valence-corrected chi connectivity index (χ2v) is 6.35. The monoisotopic (exact) mass is 261 g/mol. The van der Waals surface area contributed by atoms with E-state index in [4.69, 9.17) is 5.11 Å². The van der Waals surface area contributed by atoms with Crippen LogP contribution in [-0.4, -0.2) is 42.6 Å². The van der Waals surface area contributed by atoms with Gasteiger partial charge in [-0.15, -0.1) is 6.58 Å². The van der Waals surface area contributed by atoms with Crippen LogP contribution in [0.3, 0.4) is 0 Å². The Balaban J connectivity index is 2.47. The first kappa shape index (κ1) is 14.2. The number of unbranched alkanes of at least 4 members (excludes halogenated alkanes) is 1. The van der Waals surface area contributed by atoms with Crippen molar-refractivity contribution >= 4 is 16.0 Å². The molecule has 98 valence electrons. The van der Waals surface area contributed by atoms with Gasteiger partial charge < -0.3 is 5.11 Å². The van der Waals surface area contributed by atoms with Crippen molar-refractivity contribution in [1.82, 2.24) is 4.31 Å². The van der Waals surface area contributed by atoms with E-state index >= 15 is 0 Å². The van der Waals surface area contributed by atoms with Crippen LogP contribution in [-0.2, 0) is 14.8 Å². The van der Waals surface area contributed by atoms with Gasteiger partial charge in [0.05, 0.1) is 11.7 Å². The summed E-state index contributed by atoms with van der Waals surface area (Å²) in [5.74, 6) is -1.10. The molecule has 1 saturated heterocycles. The lowest BCUT2D eigenvalue weighted by Crippen LogP contribution is -2.41. The molecule has 0 bridgehead atoms. The molecule has 17 heavy (non-hydrogen) atoms. The predicted molar refractivity (Wildman–Crippen MR) is 65.2 cm³/mol. The molecule has 0 unspecified atom stereocenters. The Labute approximate surface area is 102 Å². The van der Waals surface area contributed by atoms with Crippen LogP contribution in [0.25, 0.3) is 0 Å². The number of allylic oxidation sites excluding steroid dienone is 1. The third-order valence-electron chi connectivity index (χ3n) is 3.01. The van der Waals surface area contributed by atoms with E-state index in [1.54, 1.807) is 6.08 Å². The van der Waals surface area contributed by atoms with Gasteiger partial charge in [0.1, 0.15) is 0 Å². The Morgan fingerprint density at radius 3 is 2.47 bits per heavy atom. The van der Waals surface area contributed by atoms with Gasteiger partial charge in [-0.25, -0.2) is 12.7 Å². The van der Waals surface area contributed by atoms with E-state index in [1.165, 1.54) is 4.31 Å². The normalized spacial score (nSPS) is 19.1. The number of carboxylic acid groups (broad SMARTS) is 1. The van der Waals surface area contributed by atoms with Crippen LogP contribution < -0.4 is 0 Å². The Kier molecular flexibility index (Phi) is 5.14. The molecule has 0 aromatic carbocycles. The molecule has 1 heterocycles. The van der Waals surface area contributed by atoms with E-state index in [9.17, 15) is 13.2 Å². The maximum absolute atomic E-state index is 11.9. The van der Waals surface area contributed by atoms with Gasteiger partial charge in [0, 0.05) is 13.1 Å². The van der Waals surface area contributed by atoms with Crippen molar-refractivity contribution < 1.29 is 18.3 Å². The summed E-state index contributed by atoms with van der Waals surface area (Å²) in [7, 11) is -3.21. The van der Waals surface area contributed by atoms with Crippen molar-refractivity contribution in [2.75, 3.05) is 18.8 Å². The minimum atomic E-state index is -3.21. The van der Waals surface area contributed by atoms with Crippen LogP contribution in [0.1, 0.15) is 25.7 Å². The highest BCUT2D eigenvalue weighted by atomic mass is 32.2. The Hall–Kier alpha value is -0.880. The fraction of sp³-hybridized carbons (Fsp3) is 0.727. The van der Waals surface area contributed by atoms with Crippen LogP contribution >= 0.6 is 0 Å². The van der Waals surface area contributed by atoms with Crippen LogP contribution in [0.2, 0.25) is 0 Å². The van der Waals surface area contributed by atoms with E-state index in [0.29, 0.717) is 38.8 Å². The van der Waals surface area contributed by atoms with Crippen molar-refractivity contribution in [1.29, 1.82) is 0 Å². The average Bonchev–Trinajstić information content (AvgIpc) is 2.29. The molecule has 1 aliphatic rings. The van der Waals surface area contributed by atoms with Crippen molar-refractivity contribution in [2.24, 2.45) is 5.92 Å². The summed E-state index contributed by atoms with van der Waals surface area (Å²) in [6.45, 7) is 4.20. The molecule has 6 heteroatoms. The van der Waals surface area contributed by atoms with E-state index in [2.05, 4.69) is 6.58 Å². The number of hydrogen-bond acceptors (Lipinski definition) is 3. The van der Waals surface area contributed by atoms with Crippen molar-refractivity contribution in [3.63, 3.8) is 0 Å². The summed E-state index contributed by atoms with van der Waals surface area (Å²) in [5.41, 5.74) is 0. The molecule has 1 N–H and O–H groups in total. The van der Waals surface area contributed by atoms with E-state index in [1.807, 2.05) is 0 Å². The fourth-order valence-electron chi connectivity index (χ4n) is 1.92. The molecule has 0 aromatic heterocycles. The highest BCUT2D eigenvalue weighted by Crippen LogP contribution is 2.20. The van der Waals surface area contributed by atoms with Gasteiger partial charge in [0.15, 0.2) is 0 Å². The molecule has 1 aliphatic heterocycles. The minimum Gasteiger partial charge on any atom is -0.481 e. The van der Waals surface area contributed by atoms with Crippen molar-refractivity contribution in [3.8, 4) is 0 Å². The summed E-state index contributed by atoms with van der Waals surface area (Å²) < 4.78 is 25.2. The van der Waals surface area contributed by atoms with Crippen LogP contribution in [0, 0.1) is 5.92 Å². The molecule has 0 atom stereocenters. The first-order chi connectivity index (χ1) is 7.97. The number of carboxylic acids is 1. The van der Waals surface area contributed by atoms with E-state index in [0.717, 1.165) is 0 Å². The zero-order valence-corrected chi connectivity index (χ0v) is 10.7. The molecular weight excluding hydrogens is 242 g/mol. The number of piperidine rings is 1. The summed E-state index contributed by atoms with van der Waals surface area (Å²) in [4.78, 5) is 10.7. The van der Waals surface area contributed by atoms with Gasteiger partial charge in [-0.3, -0.25) is 4.79 Å². The van der Waals surface area contributed by atoms with Gasteiger partial charge in [-0.05, 0) is 25.7 Å². The van der Waals surface area contributed by atoms with Gasteiger partial charge in [-0.2, -0.15) is 0 Å². The zero-order valence-electron chi connectivity index (χ0n) is 9.84. The molecule has 0 aliphatic carbocycles. The molecule has 0 aromatic rings. The lowest BCUT2D eigenvalue weighted by atomic mass is 9.99. The second kappa shape index (κ2) is 6.16. The summed E-state index contributed by atoms with van der Waals surface area (Å²) in [6.07, 6.45) is 3.79. The Bertz CT molecular complexity index is 369. The molecule has 0 saturated carbocycles. The lowest BCUT2D eigenvalue weighted by molar-refractivity contribution is -0.142. The summed E-state index contributed by atoms with van der Waals surface area (Å²) >= 11 is 0. The first-order valence-electron chi connectivity index (χ1n) is 5.79. The van der Waals surface area contributed by atoms with Crippen LogP contribution in [0.4, 0.5) is 0 Å². The highest BCUT2D eigenvalue weighted by molar-refractivity contribution is 7.89. The fourth-order valence-corrected chi connectivity index (χ4v) is 3.48. The number of nitrogens with zero attached hydrogens (tertiary/aromatic N) is 1. The van der Waals surface area contributed by atoms with Gasteiger partial charge >= 0.3 is 5.97 Å². The smallest absolute Gasteiger partial charge is 0.306 e. The van der Waals surface area contributed by atoms with Gasteiger partial charge in [0.25, 0.3) is 0 Å². The molecule has 5 nitrogen and oxygen atoms in total. The number of hydrogen-bond donors (Lipinski definition) is 1. The third-order valence-corrected chi connectivity index (χ3v) is 4.96. The lowest BCUT2D eigenvalue weighted by Gasteiger charge is -2.29. The average molecular weight is 261 g/mol. The molecule has 0 radical (unpaired) electrons. The van der Waals surface area contributed by atoms with Gasteiger partial charge in [0.2, 0.25) is 10.0 Å². The number of carbonyl (C=O) groups is 1. The first-order valence-corrected chi connectivity index (χ1v) is 7.40. The van der Waals surface area contributed by atoms with Crippen LogP contribution in [0.5, 0.6) is 0 Å². The topological polar surface area (TPSA) is 74.7 Å². The standard InChI is InChI=1S/C11H19NO4S/c1-2-3-4-9-17(15,16)12-7-5-10(6-8-12)11(13)14/h2,10H,1,3-9H2,(H,13,14). The Morgan fingerprint density at radius 2 is 2.00 bits per heavy atom. The SMILES string of the molecule is C=CCCCS(=O)(=O)N1CCC(C(=O)O)CC1. The summed E-state index contributed by atoms with van der Waals surface area (Å²) in [6, 6.07) is 0. The Morgan fingerprint density at radius 1 is 1.41 bits per heavy atom. The molecule has 0 amide bonds. The summed E-state index contributed by atoms with van der Waals surface area (Å²) in [5, 5.41) is 8.82. The quantitative estimate of drug-likeness (QED) is 0.573. The zero-order chi connectivity index (χ0) is 12.9. The van der Waals surface area contributed by atoms with Gasteiger partial charge in [-0.1, -0.05) is 6.08 Å². The number of sulfonamides is 1. The number of aliphatic carboxylic acids is 1.